The lowest BCUT2D eigenvalue weighted by Gasteiger charge is -2.08. The van der Waals surface area contributed by atoms with Crippen molar-refractivity contribution in [2.24, 2.45) is 0 Å². The summed E-state index contributed by atoms with van der Waals surface area (Å²) in [7, 11) is 0. The number of nitrogens with zero attached hydrogens (tertiary/aromatic N) is 3. The number of aromatic nitrogens is 2. The van der Waals surface area contributed by atoms with E-state index in [0.29, 0.717) is 5.69 Å². The Balaban J connectivity index is 2.66. The fraction of sp³-hybridized carbons (Fsp3) is 0. The predicted octanol–water partition coefficient (Wildman–Crippen LogP) is 2.23. The first-order valence-corrected chi connectivity index (χ1v) is 5.11. The van der Waals surface area contributed by atoms with E-state index in [1.54, 1.807) is 6.20 Å². The van der Waals surface area contributed by atoms with Crippen LogP contribution in [0.15, 0.2) is 29.0 Å². The van der Waals surface area contributed by atoms with Gasteiger partial charge in [-0.25, -0.2) is 9.37 Å². The molecule has 2 aromatic rings. The number of hydrogen-bond donors (Lipinski definition) is 1. The first-order chi connectivity index (χ1) is 7.63. The van der Waals surface area contributed by atoms with E-state index in [4.69, 9.17) is 11.0 Å². The predicted molar refractivity (Wildman–Crippen MR) is 60.3 cm³/mol. The van der Waals surface area contributed by atoms with Gasteiger partial charge in [-0.15, -0.1) is 0 Å². The molecule has 0 radical (unpaired) electrons. The molecule has 4 nitrogen and oxygen atoms in total. The van der Waals surface area contributed by atoms with Gasteiger partial charge >= 0.3 is 0 Å². The molecule has 0 aliphatic rings. The van der Waals surface area contributed by atoms with Crippen LogP contribution in [0.2, 0.25) is 0 Å². The number of nitrogens with two attached hydrogens (primary N) is 1. The van der Waals surface area contributed by atoms with Crippen molar-refractivity contribution in [3.63, 3.8) is 0 Å². The molecule has 80 valence electrons. The van der Waals surface area contributed by atoms with Gasteiger partial charge in [0.1, 0.15) is 11.9 Å². The first kappa shape index (κ1) is 10.6. The highest BCUT2D eigenvalue weighted by molar-refractivity contribution is 9.10. The molecule has 2 rings (SSSR count). The lowest BCUT2D eigenvalue weighted by Crippen LogP contribution is -2.02. The molecule has 0 bridgehead atoms. The zero-order valence-electron chi connectivity index (χ0n) is 7.98. The third-order valence-corrected chi connectivity index (χ3v) is 2.68. The van der Waals surface area contributed by atoms with Gasteiger partial charge in [0.05, 0.1) is 15.8 Å². The monoisotopic (exact) mass is 280 g/mol. The molecule has 2 N–H and O–H groups in total. The number of anilines is 1. The zero-order chi connectivity index (χ0) is 11.7. The minimum absolute atomic E-state index is 0.199. The molecule has 0 aliphatic heterocycles. The van der Waals surface area contributed by atoms with Crippen molar-refractivity contribution in [2.45, 2.75) is 0 Å². The van der Waals surface area contributed by atoms with Crippen molar-refractivity contribution in [3.05, 3.63) is 40.6 Å². The molecule has 0 spiro atoms. The number of nitrogen functional groups attached to an aromatic ring is 1. The molecular formula is C10H6BrFN4. The van der Waals surface area contributed by atoms with Gasteiger partial charge in [0.25, 0.3) is 0 Å². The van der Waals surface area contributed by atoms with Crippen LogP contribution in [-0.4, -0.2) is 9.55 Å². The summed E-state index contributed by atoms with van der Waals surface area (Å²) in [5.41, 5.74) is 6.45. The lowest BCUT2D eigenvalue weighted by atomic mass is 10.2. The van der Waals surface area contributed by atoms with Crippen LogP contribution >= 0.6 is 15.9 Å². The van der Waals surface area contributed by atoms with Crippen molar-refractivity contribution in [1.82, 2.24) is 9.55 Å². The van der Waals surface area contributed by atoms with E-state index in [1.165, 1.54) is 22.9 Å². The van der Waals surface area contributed by atoms with Crippen LogP contribution in [0.25, 0.3) is 5.69 Å². The molecule has 0 saturated carbocycles. The molecule has 1 aromatic carbocycles. The molecule has 0 fully saturated rings. The van der Waals surface area contributed by atoms with Gasteiger partial charge in [-0.2, -0.15) is 5.26 Å². The molecule has 1 aromatic heterocycles. The number of hydrogen-bond acceptors (Lipinski definition) is 3. The number of rotatable bonds is 1. The molecule has 0 aliphatic carbocycles. The molecule has 0 saturated heterocycles. The normalized spacial score (nSPS) is 10.1. The van der Waals surface area contributed by atoms with Crippen molar-refractivity contribution in [2.75, 3.05) is 5.73 Å². The number of benzene rings is 1. The quantitative estimate of drug-likeness (QED) is 0.815. The average Bonchev–Trinajstić information content (AvgIpc) is 2.71. The molecule has 0 unspecified atom stereocenters. The second kappa shape index (κ2) is 3.94. The molecule has 0 amide bonds. The van der Waals surface area contributed by atoms with Crippen LogP contribution in [0.1, 0.15) is 5.82 Å². The topological polar surface area (TPSA) is 67.6 Å². The highest BCUT2D eigenvalue weighted by atomic mass is 79.9. The lowest BCUT2D eigenvalue weighted by molar-refractivity contribution is 0.621. The van der Waals surface area contributed by atoms with Gasteiger partial charge in [0.2, 0.25) is 5.82 Å². The summed E-state index contributed by atoms with van der Waals surface area (Å²) in [6.45, 7) is 0. The fourth-order valence-corrected chi connectivity index (χ4v) is 1.67. The van der Waals surface area contributed by atoms with Crippen molar-refractivity contribution in [1.29, 1.82) is 5.26 Å². The Labute approximate surface area is 99.3 Å². The standard InChI is InChI=1S/C10H6BrFN4/c11-6-3-9(8(14)4-7(6)12)16-2-1-15-10(16)5-13/h1-4H,14H2. The van der Waals surface area contributed by atoms with Crippen LogP contribution < -0.4 is 5.73 Å². The van der Waals surface area contributed by atoms with Crippen LogP contribution in [0.3, 0.4) is 0 Å². The highest BCUT2D eigenvalue weighted by Gasteiger charge is 2.10. The van der Waals surface area contributed by atoms with Gasteiger partial charge in [0.15, 0.2) is 0 Å². The zero-order valence-corrected chi connectivity index (χ0v) is 9.57. The van der Waals surface area contributed by atoms with Crippen LogP contribution in [0, 0.1) is 17.1 Å². The van der Waals surface area contributed by atoms with Crippen molar-refractivity contribution < 1.29 is 4.39 Å². The largest absolute Gasteiger partial charge is 0.397 e. The van der Waals surface area contributed by atoms with E-state index < -0.39 is 5.82 Å². The maximum Gasteiger partial charge on any atom is 0.217 e. The van der Waals surface area contributed by atoms with Crippen molar-refractivity contribution >= 4 is 21.6 Å². The third-order valence-electron chi connectivity index (χ3n) is 2.07. The Kier molecular flexibility index (Phi) is 2.62. The summed E-state index contributed by atoms with van der Waals surface area (Å²) >= 11 is 3.07. The maximum atomic E-state index is 13.2. The molecule has 1 heterocycles. The molecule has 6 heteroatoms. The average molecular weight is 281 g/mol. The smallest absolute Gasteiger partial charge is 0.217 e. The van der Waals surface area contributed by atoms with E-state index in [9.17, 15) is 4.39 Å². The second-order valence-electron chi connectivity index (χ2n) is 3.06. The summed E-state index contributed by atoms with van der Waals surface area (Å²) in [4.78, 5) is 3.84. The first-order valence-electron chi connectivity index (χ1n) is 4.32. The third kappa shape index (κ3) is 1.66. The van der Waals surface area contributed by atoms with Gasteiger partial charge in [0, 0.05) is 18.5 Å². The van der Waals surface area contributed by atoms with E-state index in [0.717, 1.165) is 0 Å². The van der Waals surface area contributed by atoms with E-state index >= 15 is 0 Å². The number of imidazole rings is 1. The minimum atomic E-state index is -0.445. The molecule has 16 heavy (non-hydrogen) atoms. The summed E-state index contributed by atoms with van der Waals surface area (Å²) in [5.74, 6) is -0.245. The Morgan fingerprint density at radius 1 is 1.50 bits per heavy atom. The van der Waals surface area contributed by atoms with Crippen LogP contribution in [0.4, 0.5) is 10.1 Å². The van der Waals surface area contributed by atoms with E-state index in [-0.39, 0.29) is 16.0 Å². The Morgan fingerprint density at radius 2 is 2.25 bits per heavy atom. The van der Waals surface area contributed by atoms with E-state index in [2.05, 4.69) is 20.9 Å². The summed E-state index contributed by atoms with van der Waals surface area (Å²) < 4.78 is 15.0. The van der Waals surface area contributed by atoms with E-state index in [1.807, 2.05) is 6.07 Å². The summed E-state index contributed by atoms with van der Waals surface area (Å²) in [6, 6.07) is 4.62. The summed E-state index contributed by atoms with van der Waals surface area (Å²) in [6.07, 6.45) is 3.07. The SMILES string of the molecule is N#Cc1nccn1-c1cc(Br)c(F)cc1N. The maximum absolute atomic E-state index is 13.2. The minimum Gasteiger partial charge on any atom is -0.397 e. The van der Waals surface area contributed by atoms with Crippen LogP contribution in [0.5, 0.6) is 0 Å². The van der Waals surface area contributed by atoms with Gasteiger partial charge in [-0.1, -0.05) is 0 Å². The molecule has 0 atom stereocenters. The number of nitriles is 1. The number of halogens is 2. The molecular weight excluding hydrogens is 275 g/mol. The summed E-state index contributed by atoms with van der Waals surface area (Å²) in [5, 5.41) is 8.82. The second-order valence-corrected chi connectivity index (χ2v) is 3.91. The van der Waals surface area contributed by atoms with Gasteiger partial charge < -0.3 is 5.73 Å². The van der Waals surface area contributed by atoms with Crippen LogP contribution in [-0.2, 0) is 0 Å². The van der Waals surface area contributed by atoms with Gasteiger partial charge in [-0.05, 0) is 22.0 Å². The fourth-order valence-electron chi connectivity index (χ4n) is 1.34. The Hall–Kier alpha value is -1.87. The Bertz CT molecular complexity index is 585. The van der Waals surface area contributed by atoms with Crippen molar-refractivity contribution in [3.8, 4) is 11.8 Å². The highest BCUT2D eigenvalue weighted by Crippen LogP contribution is 2.26. The van der Waals surface area contributed by atoms with Gasteiger partial charge in [-0.3, -0.25) is 4.57 Å². The Morgan fingerprint density at radius 3 is 2.94 bits per heavy atom.